The lowest BCUT2D eigenvalue weighted by atomic mass is 9.44. The van der Waals surface area contributed by atoms with Crippen LogP contribution in [0, 0.1) is 23.7 Å². The fourth-order valence-corrected chi connectivity index (χ4v) is 9.83. The Labute approximate surface area is 280 Å². The maximum atomic E-state index is 15.1. The van der Waals surface area contributed by atoms with Gasteiger partial charge in [0, 0.05) is 29.0 Å². The largest absolute Gasteiger partial charge is 0.508 e. The number of hydrogen-bond acceptors (Lipinski definition) is 6. The molecule has 1 heterocycles. The van der Waals surface area contributed by atoms with E-state index in [2.05, 4.69) is 0 Å². The molecule has 0 radical (unpaired) electrons. The Hall–Kier alpha value is -4.78. The van der Waals surface area contributed by atoms with Gasteiger partial charge in [-0.25, -0.2) is 0 Å². The number of phenolic OH excluding ortho intramolecular Hbond substituents is 1. The number of rotatable bonds is 5. The zero-order valence-corrected chi connectivity index (χ0v) is 27.0. The molecule has 3 aromatic rings. The highest BCUT2D eigenvalue weighted by Crippen LogP contribution is 2.64. The number of allylic oxidation sites excluding steroid dienone is 4. The van der Waals surface area contributed by atoms with Gasteiger partial charge in [-0.2, -0.15) is 0 Å². The highest BCUT2D eigenvalue weighted by molar-refractivity contribution is 6.31. The minimum Gasteiger partial charge on any atom is -0.508 e. The molecule has 2 amide bonds. The maximum absolute atomic E-state index is 15.1. The molecule has 0 spiro atoms. The van der Waals surface area contributed by atoms with E-state index in [9.17, 15) is 14.7 Å². The van der Waals surface area contributed by atoms with Gasteiger partial charge in [0.05, 0.1) is 24.4 Å². The molecule has 1 aliphatic heterocycles. The Morgan fingerprint density at radius 2 is 1.54 bits per heavy atom. The number of amides is 2. The molecule has 7 heteroatoms. The van der Waals surface area contributed by atoms with Crippen LogP contribution in [0.1, 0.15) is 67.6 Å². The molecule has 1 saturated heterocycles. The van der Waals surface area contributed by atoms with Crippen LogP contribution in [-0.4, -0.2) is 46.5 Å². The number of carbonyl (C=O) groups is 4. The average Bonchev–Trinajstić information content (AvgIpc) is 3.39. The summed E-state index contributed by atoms with van der Waals surface area (Å²) >= 11 is 0. The standard InChI is InChI=1S/C41H39NO6/c1-48-27-17-20-34(43)32(21-27)37-28-18-19-29-36(40(47)42(39(29)46)26-15-9-4-10-16-26)31(28)22-33-38(45)30(24-11-5-2-6-12-24)23-35(44)41(33,37)25-13-7-3-8-14-25/h2-3,5-8,11-14,17-18,20-21,23,26,29,31,33,36-37,43H,4,9-10,15-16,19,22H2,1H3/t29-,31+,33-,36-,37+,41-/m0/s1. The second-order valence-corrected chi connectivity index (χ2v) is 14.1. The van der Waals surface area contributed by atoms with Gasteiger partial charge in [-0.15, -0.1) is 0 Å². The third-order valence-corrected chi connectivity index (χ3v) is 11.9. The third kappa shape index (κ3) is 4.39. The number of nitrogens with zero attached hydrogens (tertiary/aromatic N) is 1. The first-order valence-corrected chi connectivity index (χ1v) is 17.2. The first-order valence-electron chi connectivity index (χ1n) is 17.2. The van der Waals surface area contributed by atoms with Crippen molar-refractivity contribution in [3.05, 3.63) is 113 Å². The number of aromatic hydroxyl groups is 1. The summed E-state index contributed by atoms with van der Waals surface area (Å²) in [4.78, 5) is 60.2. The molecule has 0 aromatic heterocycles. The highest BCUT2D eigenvalue weighted by atomic mass is 16.5. The van der Waals surface area contributed by atoms with Crippen LogP contribution in [-0.2, 0) is 24.6 Å². The SMILES string of the molecule is COc1ccc(O)c([C@H]2C3=CC[C@@H]4C(=O)N(C5CCCCC5)C(=O)[C@@H]4[C@@H]3C[C@H]3C(=O)C(c4ccccc4)=CC(=O)[C@@]23c2ccccc2)c1. The molecule has 48 heavy (non-hydrogen) atoms. The molecule has 0 unspecified atom stereocenters. The molecule has 3 aromatic carbocycles. The summed E-state index contributed by atoms with van der Waals surface area (Å²) in [6.07, 6.45) is 8.88. The van der Waals surface area contributed by atoms with Gasteiger partial charge in [-0.3, -0.25) is 24.1 Å². The Morgan fingerprint density at radius 1 is 0.833 bits per heavy atom. The highest BCUT2D eigenvalue weighted by Gasteiger charge is 2.66. The van der Waals surface area contributed by atoms with Crippen molar-refractivity contribution in [1.82, 2.24) is 4.90 Å². The van der Waals surface area contributed by atoms with E-state index in [0.29, 0.717) is 34.4 Å². The van der Waals surface area contributed by atoms with Gasteiger partial charge < -0.3 is 9.84 Å². The molecule has 5 aliphatic rings. The lowest BCUT2D eigenvalue weighted by Gasteiger charge is -2.55. The number of hydrogen-bond donors (Lipinski definition) is 1. The van der Waals surface area contributed by atoms with Gasteiger partial charge >= 0.3 is 0 Å². The molecular formula is C41H39NO6. The smallest absolute Gasteiger partial charge is 0.233 e. The summed E-state index contributed by atoms with van der Waals surface area (Å²) in [5.41, 5.74) is 1.60. The van der Waals surface area contributed by atoms with Crippen molar-refractivity contribution in [1.29, 1.82) is 0 Å². The van der Waals surface area contributed by atoms with Gasteiger partial charge in [-0.05, 0) is 67.0 Å². The van der Waals surface area contributed by atoms with Gasteiger partial charge in [-0.1, -0.05) is 91.6 Å². The number of fused-ring (bicyclic) bond motifs is 4. The number of ether oxygens (including phenoxy) is 1. The molecule has 0 bridgehead atoms. The second-order valence-electron chi connectivity index (χ2n) is 14.1. The minimum absolute atomic E-state index is 0.0192. The van der Waals surface area contributed by atoms with E-state index < -0.39 is 35.0 Å². The Bertz CT molecular complexity index is 1870. The van der Waals surface area contributed by atoms with E-state index in [1.165, 1.54) is 6.08 Å². The summed E-state index contributed by atoms with van der Waals surface area (Å²) in [6, 6.07) is 23.5. The molecular weight excluding hydrogens is 602 g/mol. The monoisotopic (exact) mass is 641 g/mol. The number of imide groups is 1. The predicted molar refractivity (Wildman–Crippen MR) is 180 cm³/mol. The van der Waals surface area contributed by atoms with E-state index in [0.717, 1.165) is 37.7 Å². The van der Waals surface area contributed by atoms with E-state index in [-0.39, 0.29) is 41.6 Å². The van der Waals surface area contributed by atoms with Crippen molar-refractivity contribution in [3.63, 3.8) is 0 Å². The molecule has 4 aliphatic carbocycles. The summed E-state index contributed by atoms with van der Waals surface area (Å²) in [5, 5.41) is 11.6. The maximum Gasteiger partial charge on any atom is 0.233 e. The van der Waals surface area contributed by atoms with Gasteiger partial charge in [0.2, 0.25) is 11.8 Å². The number of benzene rings is 3. The third-order valence-electron chi connectivity index (χ3n) is 11.9. The fraction of sp³-hybridized carbons (Fsp3) is 0.366. The van der Waals surface area contributed by atoms with Crippen molar-refractivity contribution < 1.29 is 29.0 Å². The summed E-state index contributed by atoms with van der Waals surface area (Å²) in [6.45, 7) is 0. The van der Waals surface area contributed by atoms with Crippen LogP contribution in [0.2, 0.25) is 0 Å². The first-order chi connectivity index (χ1) is 23.4. The van der Waals surface area contributed by atoms with Crippen molar-refractivity contribution in [3.8, 4) is 11.5 Å². The molecule has 7 nitrogen and oxygen atoms in total. The Kier molecular flexibility index (Phi) is 7.46. The number of Topliss-reactive ketones (excluding diaryl/α,β-unsaturated/α-hetero) is 1. The van der Waals surface area contributed by atoms with Crippen LogP contribution in [0.25, 0.3) is 5.57 Å². The number of phenols is 1. The van der Waals surface area contributed by atoms with E-state index in [1.807, 2.05) is 66.7 Å². The molecule has 2 saturated carbocycles. The predicted octanol–water partition coefficient (Wildman–Crippen LogP) is 6.56. The lowest BCUT2D eigenvalue weighted by molar-refractivity contribution is -0.144. The summed E-state index contributed by atoms with van der Waals surface area (Å²) in [7, 11) is 1.55. The second kappa shape index (κ2) is 11.7. The fourth-order valence-electron chi connectivity index (χ4n) is 9.83. The number of ketones is 2. The molecule has 244 valence electrons. The topological polar surface area (TPSA) is 101 Å². The van der Waals surface area contributed by atoms with Crippen molar-refractivity contribution >= 4 is 29.0 Å². The van der Waals surface area contributed by atoms with E-state index >= 15 is 9.59 Å². The number of carbonyl (C=O) groups excluding carboxylic acids is 4. The van der Waals surface area contributed by atoms with Crippen LogP contribution in [0.5, 0.6) is 11.5 Å². The van der Waals surface area contributed by atoms with Crippen molar-refractivity contribution in [2.24, 2.45) is 23.7 Å². The molecule has 3 fully saturated rings. The van der Waals surface area contributed by atoms with Gasteiger partial charge in [0.15, 0.2) is 11.6 Å². The van der Waals surface area contributed by atoms with Gasteiger partial charge in [0.1, 0.15) is 11.5 Å². The quantitative estimate of drug-likeness (QED) is 0.250. The van der Waals surface area contributed by atoms with Crippen molar-refractivity contribution in [2.45, 2.75) is 62.3 Å². The molecule has 8 rings (SSSR count). The Balaban J connectivity index is 1.36. The first kappa shape index (κ1) is 30.5. The lowest BCUT2D eigenvalue weighted by Crippen LogP contribution is -2.58. The van der Waals surface area contributed by atoms with Crippen LogP contribution in [0.4, 0.5) is 0 Å². The van der Waals surface area contributed by atoms with Crippen LogP contribution >= 0.6 is 0 Å². The van der Waals surface area contributed by atoms with Crippen LogP contribution in [0.15, 0.2) is 96.6 Å². The zero-order chi connectivity index (χ0) is 33.2. The van der Waals surface area contributed by atoms with Crippen molar-refractivity contribution in [2.75, 3.05) is 7.11 Å². The van der Waals surface area contributed by atoms with E-state index in [4.69, 9.17) is 4.74 Å². The number of likely N-dealkylation sites (tertiary alicyclic amines) is 1. The minimum atomic E-state index is -1.40. The zero-order valence-electron chi connectivity index (χ0n) is 27.0. The van der Waals surface area contributed by atoms with Gasteiger partial charge in [0.25, 0.3) is 0 Å². The molecule has 6 atom stereocenters. The van der Waals surface area contributed by atoms with E-state index in [1.54, 1.807) is 30.2 Å². The Morgan fingerprint density at radius 3 is 2.25 bits per heavy atom. The van der Waals surface area contributed by atoms with Crippen LogP contribution < -0.4 is 4.74 Å². The van der Waals surface area contributed by atoms with Crippen LogP contribution in [0.3, 0.4) is 0 Å². The summed E-state index contributed by atoms with van der Waals surface area (Å²) in [5.74, 6) is -3.38. The summed E-state index contributed by atoms with van der Waals surface area (Å²) < 4.78 is 5.62. The normalized spacial score (nSPS) is 30.3. The molecule has 1 N–H and O–H groups in total. The number of methoxy groups -OCH3 is 1. The average molecular weight is 642 g/mol.